The smallest absolute Gasteiger partial charge is 0.662 e. The molecular weight excluding hydrogens is 293 g/mol. The van der Waals surface area contributed by atoms with Gasteiger partial charge >= 0.3 is 23.1 Å². The van der Waals surface area contributed by atoms with Crippen LogP contribution in [0.1, 0.15) is 105 Å². The van der Waals surface area contributed by atoms with Crippen LogP contribution in [0.2, 0.25) is 0 Å². The molecule has 0 aromatic carbocycles. The molecule has 0 saturated carbocycles. The van der Waals surface area contributed by atoms with E-state index >= 15 is 0 Å². The van der Waals surface area contributed by atoms with E-state index in [2.05, 4.69) is 38.3 Å². The van der Waals surface area contributed by atoms with Gasteiger partial charge in [-0.3, -0.25) is 0 Å². The molecule has 0 rings (SSSR count). The molecule has 0 aromatic rings. The van der Waals surface area contributed by atoms with Gasteiger partial charge in [-0.15, -0.1) is 26.2 Å². The van der Waals surface area contributed by atoms with Gasteiger partial charge in [-0.2, -0.15) is 0 Å². The molecule has 0 aliphatic carbocycles. The van der Waals surface area contributed by atoms with E-state index < -0.39 is 0 Å². The summed E-state index contributed by atoms with van der Waals surface area (Å²) in [6, 6.07) is 0. The third-order valence-corrected chi connectivity index (χ3v) is 3.68. The third-order valence-electron chi connectivity index (χ3n) is 3.68. The van der Waals surface area contributed by atoms with Crippen molar-refractivity contribution in [3.05, 3.63) is 10.6 Å². The molecule has 0 heterocycles. The van der Waals surface area contributed by atoms with Crippen molar-refractivity contribution in [3.63, 3.8) is 0 Å². The van der Waals surface area contributed by atoms with E-state index in [1.54, 1.807) is 0 Å². The Bertz CT molecular complexity index is 132. The zero-order valence-electron chi connectivity index (χ0n) is 16.9. The Morgan fingerprint density at radius 2 is 0.609 bits per heavy atom. The molecule has 0 saturated heterocycles. The van der Waals surface area contributed by atoms with Crippen molar-refractivity contribution in [1.82, 2.24) is 0 Å². The molecular formula is C20H44MgN2. The Morgan fingerprint density at radius 3 is 0.783 bits per heavy atom. The molecule has 23 heavy (non-hydrogen) atoms. The van der Waals surface area contributed by atoms with Gasteiger partial charge < -0.3 is 10.6 Å². The fourth-order valence-corrected chi connectivity index (χ4v) is 2.12. The molecule has 0 bridgehead atoms. The summed E-state index contributed by atoms with van der Waals surface area (Å²) in [7, 11) is 0. The van der Waals surface area contributed by atoms with Crippen LogP contribution < -0.4 is 0 Å². The summed E-state index contributed by atoms with van der Waals surface area (Å²) in [5.74, 6) is 0. The fourth-order valence-electron chi connectivity index (χ4n) is 2.12. The molecule has 136 valence electrons. The first-order valence-electron chi connectivity index (χ1n) is 10.1. The van der Waals surface area contributed by atoms with Gasteiger partial charge in [-0.05, 0) is 0 Å². The summed E-state index contributed by atoms with van der Waals surface area (Å²) >= 11 is 0. The molecule has 3 heteroatoms. The molecule has 0 aromatic heterocycles. The Kier molecular flexibility index (Phi) is 37.8. The standard InChI is InChI=1S/2C10H22N.Mg/c2*1-3-5-7-9-11-10-8-6-4-2;/h2*3-10H2,1-2H3;/q2*-1;+2. The Hall–Kier alpha value is 0.686. The van der Waals surface area contributed by atoms with E-state index in [-0.39, 0.29) is 23.1 Å². The summed E-state index contributed by atoms with van der Waals surface area (Å²) in [4.78, 5) is 0. The normalized spacial score (nSPS) is 9.91. The Balaban J connectivity index is -0.000000333. The van der Waals surface area contributed by atoms with Gasteiger partial charge in [-0.1, -0.05) is 105 Å². The average molecular weight is 337 g/mol. The first-order valence-corrected chi connectivity index (χ1v) is 10.1. The molecule has 0 aliphatic heterocycles. The van der Waals surface area contributed by atoms with Gasteiger partial charge in [0, 0.05) is 0 Å². The second-order valence-corrected chi connectivity index (χ2v) is 6.17. The number of hydrogen-bond donors (Lipinski definition) is 0. The number of unbranched alkanes of at least 4 members (excludes halogenated alkanes) is 8. The third kappa shape index (κ3) is 34.9. The van der Waals surface area contributed by atoms with E-state index in [1.807, 2.05) is 0 Å². The van der Waals surface area contributed by atoms with Crippen LogP contribution in [0.25, 0.3) is 10.6 Å². The topological polar surface area (TPSA) is 28.2 Å². The summed E-state index contributed by atoms with van der Waals surface area (Å²) in [6.07, 6.45) is 15.8. The van der Waals surface area contributed by atoms with Crippen molar-refractivity contribution in [2.45, 2.75) is 105 Å². The van der Waals surface area contributed by atoms with Gasteiger partial charge in [0.1, 0.15) is 0 Å². The SMILES string of the molecule is CCCCC[N-]CCCCC.CCCCC[N-]CCCCC.[Mg+2]. The maximum Gasteiger partial charge on any atom is 2.00 e. The summed E-state index contributed by atoms with van der Waals surface area (Å²) in [5, 5.41) is 8.89. The second-order valence-electron chi connectivity index (χ2n) is 6.17. The molecule has 0 amide bonds. The fraction of sp³-hybridized carbons (Fsp3) is 1.00. The summed E-state index contributed by atoms with van der Waals surface area (Å²) in [5.41, 5.74) is 0. The van der Waals surface area contributed by atoms with Crippen molar-refractivity contribution in [2.75, 3.05) is 26.2 Å². The number of rotatable bonds is 16. The Labute approximate surface area is 164 Å². The average Bonchev–Trinajstić information content (AvgIpc) is 2.54. The summed E-state index contributed by atoms with van der Waals surface area (Å²) < 4.78 is 0. The molecule has 0 atom stereocenters. The van der Waals surface area contributed by atoms with Crippen LogP contribution in [-0.2, 0) is 0 Å². The second kappa shape index (κ2) is 30.6. The molecule has 0 unspecified atom stereocenters. The molecule has 0 aliphatic rings. The monoisotopic (exact) mass is 336 g/mol. The van der Waals surface area contributed by atoms with Crippen LogP contribution >= 0.6 is 0 Å². The minimum absolute atomic E-state index is 0. The van der Waals surface area contributed by atoms with E-state index in [9.17, 15) is 0 Å². The zero-order chi connectivity index (χ0) is 16.7. The first-order chi connectivity index (χ1) is 10.8. The van der Waals surface area contributed by atoms with Crippen LogP contribution in [0.3, 0.4) is 0 Å². The number of nitrogens with zero attached hydrogens (tertiary/aromatic N) is 2. The van der Waals surface area contributed by atoms with E-state index in [0.717, 1.165) is 26.2 Å². The Morgan fingerprint density at radius 1 is 0.391 bits per heavy atom. The maximum atomic E-state index is 4.45. The van der Waals surface area contributed by atoms with Crippen molar-refractivity contribution < 1.29 is 0 Å². The number of hydrogen-bond acceptors (Lipinski definition) is 0. The molecule has 0 fully saturated rings. The summed E-state index contributed by atoms with van der Waals surface area (Å²) in [6.45, 7) is 13.3. The maximum absolute atomic E-state index is 4.45. The van der Waals surface area contributed by atoms with Gasteiger partial charge in [0.2, 0.25) is 0 Å². The minimum Gasteiger partial charge on any atom is -0.662 e. The van der Waals surface area contributed by atoms with Gasteiger partial charge in [0.25, 0.3) is 0 Å². The molecule has 0 N–H and O–H groups in total. The van der Waals surface area contributed by atoms with Crippen molar-refractivity contribution in [2.24, 2.45) is 0 Å². The predicted octanol–water partition coefficient (Wildman–Crippen LogP) is 7.10. The molecule has 0 spiro atoms. The minimum atomic E-state index is 0. The molecule has 0 radical (unpaired) electrons. The quantitative estimate of drug-likeness (QED) is 0.212. The van der Waals surface area contributed by atoms with Crippen LogP contribution in [0.4, 0.5) is 0 Å². The van der Waals surface area contributed by atoms with Crippen molar-refractivity contribution >= 4 is 23.1 Å². The van der Waals surface area contributed by atoms with Gasteiger partial charge in [0.05, 0.1) is 0 Å². The zero-order valence-corrected chi connectivity index (χ0v) is 18.3. The first kappa shape index (κ1) is 28.5. The van der Waals surface area contributed by atoms with Gasteiger partial charge in [-0.25, -0.2) is 0 Å². The van der Waals surface area contributed by atoms with Crippen LogP contribution in [0, 0.1) is 0 Å². The van der Waals surface area contributed by atoms with Crippen LogP contribution in [0.5, 0.6) is 0 Å². The van der Waals surface area contributed by atoms with Gasteiger partial charge in [0.15, 0.2) is 0 Å². The molecule has 2 nitrogen and oxygen atoms in total. The van der Waals surface area contributed by atoms with Crippen LogP contribution in [0.15, 0.2) is 0 Å². The largest absolute Gasteiger partial charge is 2.00 e. The van der Waals surface area contributed by atoms with Crippen molar-refractivity contribution in [3.8, 4) is 0 Å². The van der Waals surface area contributed by atoms with Crippen molar-refractivity contribution in [1.29, 1.82) is 0 Å². The van der Waals surface area contributed by atoms with E-state index in [4.69, 9.17) is 0 Å². The van der Waals surface area contributed by atoms with E-state index in [1.165, 1.54) is 77.0 Å². The van der Waals surface area contributed by atoms with Crippen LogP contribution in [-0.4, -0.2) is 49.2 Å². The predicted molar refractivity (Wildman–Crippen MR) is 110 cm³/mol. The van der Waals surface area contributed by atoms with E-state index in [0.29, 0.717) is 0 Å².